The van der Waals surface area contributed by atoms with Gasteiger partial charge in [0.1, 0.15) is 11.6 Å². The van der Waals surface area contributed by atoms with Gasteiger partial charge in [-0.05, 0) is 18.6 Å². The second-order valence-electron chi connectivity index (χ2n) is 4.60. The molecule has 1 aromatic heterocycles. The number of nitrogens with zero attached hydrogens (tertiary/aromatic N) is 2. The highest BCUT2D eigenvalue weighted by Crippen LogP contribution is 2.22. The van der Waals surface area contributed by atoms with E-state index in [0.29, 0.717) is 11.6 Å². The molecule has 20 heavy (non-hydrogen) atoms. The quantitative estimate of drug-likeness (QED) is 0.738. The minimum absolute atomic E-state index is 0.542. The molecule has 1 aromatic carbocycles. The highest BCUT2D eigenvalue weighted by molar-refractivity contribution is 7.84. The molecule has 4 nitrogen and oxygen atoms in total. The number of alkyl halides is 1. The first-order valence-electron chi connectivity index (χ1n) is 6.55. The highest BCUT2D eigenvalue weighted by atomic mass is 35.5. The van der Waals surface area contributed by atoms with Crippen molar-refractivity contribution in [2.24, 2.45) is 0 Å². The van der Waals surface area contributed by atoms with Gasteiger partial charge in [0.15, 0.2) is 0 Å². The lowest BCUT2D eigenvalue weighted by Crippen LogP contribution is -2.07. The third-order valence-corrected chi connectivity index (χ3v) is 4.22. The smallest absolute Gasteiger partial charge is 0.121 e. The molecule has 0 aliphatic carbocycles. The van der Waals surface area contributed by atoms with Gasteiger partial charge in [-0.3, -0.25) is 4.21 Å². The van der Waals surface area contributed by atoms with Crippen LogP contribution in [0, 0.1) is 0 Å². The summed E-state index contributed by atoms with van der Waals surface area (Å²) in [6, 6.07) is 5.88. The molecule has 0 saturated heterocycles. The van der Waals surface area contributed by atoms with Gasteiger partial charge in [0, 0.05) is 47.7 Å². The molecule has 1 atom stereocenters. The van der Waals surface area contributed by atoms with Crippen LogP contribution in [0.4, 0.5) is 0 Å². The van der Waals surface area contributed by atoms with Gasteiger partial charge in [0.2, 0.25) is 0 Å². The maximum absolute atomic E-state index is 11.2. The number of fused-ring (bicyclic) bond motifs is 1. The van der Waals surface area contributed by atoms with Crippen molar-refractivity contribution < 1.29 is 8.95 Å². The van der Waals surface area contributed by atoms with Gasteiger partial charge in [-0.15, -0.1) is 11.6 Å². The number of imidazole rings is 1. The Hall–Kier alpha value is -1.07. The van der Waals surface area contributed by atoms with Crippen molar-refractivity contribution in [2.75, 3.05) is 25.0 Å². The Morgan fingerprint density at radius 2 is 2.25 bits per heavy atom. The molecule has 0 saturated carbocycles. The first kappa shape index (κ1) is 15.3. The first-order valence-corrected chi connectivity index (χ1v) is 8.81. The molecule has 1 unspecified atom stereocenters. The van der Waals surface area contributed by atoms with Crippen molar-refractivity contribution in [1.82, 2.24) is 9.55 Å². The average molecular weight is 315 g/mol. The average Bonchev–Trinajstić information content (AvgIpc) is 2.76. The Morgan fingerprint density at radius 1 is 1.45 bits per heavy atom. The lowest BCUT2D eigenvalue weighted by Gasteiger charge is -2.08. The van der Waals surface area contributed by atoms with Crippen molar-refractivity contribution in [3.8, 4) is 5.75 Å². The fourth-order valence-electron chi connectivity index (χ4n) is 2.24. The van der Waals surface area contributed by atoms with Gasteiger partial charge in [0.25, 0.3) is 0 Å². The number of hydrogen-bond acceptors (Lipinski definition) is 3. The Kier molecular flexibility index (Phi) is 5.43. The molecule has 6 heteroatoms. The molecule has 0 spiro atoms. The summed E-state index contributed by atoms with van der Waals surface area (Å²) >= 11 is 5.85. The van der Waals surface area contributed by atoms with Crippen molar-refractivity contribution >= 4 is 33.4 Å². The number of rotatable bonds is 7. The molecule has 2 rings (SSSR count). The molecule has 110 valence electrons. The molecular formula is C14H19ClN2O2S. The molecule has 0 N–H and O–H groups in total. The van der Waals surface area contributed by atoms with Gasteiger partial charge < -0.3 is 9.30 Å². The van der Waals surface area contributed by atoms with Gasteiger partial charge >= 0.3 is 0 Å². The van der Waals surface area contributed by atoms with Crippen LogP contribution in [0.1, 0.15) is 12.2 Å². The van der Waals surface area contributed by atoms with Crippen molar-refractivity contribution in [1.29, 1.82) is 0 Å². The van der Waals surface area contributed by atoms with Crippen molar-refractivity contribution in [2.45, 2.75) is 19.4 Å². The Balaban J connectivity index is 2.32. The summed E-state index contributed by atoms with van der Waals surface area (Å²) in [5.74, 6) is 3.02. The maximum Gasteiger partial charge on any atom is 0.121 e. The SMILES string of the molecule is COc1ccc2c(c1)nc(CCCl)n2CCCS(C)=O. The lowest BCUT2D eigenvalue weighted by molar-refractivity contribution is 0.415. The Morgan fingerprint density at radius 3 is 2.90 bits per heavy atom. The van der Waals surface area contributed by atoms with Crippen LogP contribution in [-0.4, -0.2) is 38.8 Å². The van der Waals surface area contributed by atoms with E-state index in [-0.39, 0.29) is 0 Å². The first-order chi connectivity index (χ1) is 9.65. The van der Waals surface area contributed by atoms with E-state index in [1.807, 2.05) is 18.2 Å². The van der Waals surface area contributed by atoms with E-state index in [1.165, 1.54) is 0 Å². The summed E-state index contributed by atoms with van der Waals surface area (Å²) in [5, 5.41) is 0. The molecule has 0 bridgehead atoms. The maximum atomic E-state index is 11.2. The molecule has 0 radical (unpaired) electrons. The van der Waals surface area contributed by atoms with E-state index in [0.717, 1.165) is 42.0 Å². The summed E-state index contributed by atoms with van der Waals surface area (Å²) in [4.78, 5) is 4.63. The number of benzene rings is 1. The largest absolute Gasteiger partial charge is 0.497 e. The molecule has 2 aromatic rings. The van der Waals surface area contributed by atoms with Crippen LogP contribution in [0.25, 0.3) is 11.0 Å². The summed E-state index contributed by atoms with van der Waals surface area (Å²) in [7, 11) is 0.891. The summed E-state index contributed by atoms with van der Waals surface area (Å²) in [6.45, 7) is 0.814. The third kappa shape index (κ3) is 3.52. The fraction of sp³-hybridized carbons (Fsp3) is 0.500. The monoisotopic (exact) mass is 314 g/mol. The van der Waals surface area contributed by atoms with E-state index in [9.17, 15) is 4.21 Å². The summed E-state index contributed by atoms with van der Waals surface area (Å²) in [6.07, 6.45) is 3.33. The predicted octanol–water partition coefficient (Wildman–Crippen LogP) is 2.59. The summed E-state index contributed by atoms with van der Waals surface area (Å²) in [5.41, 5.74) is 2.00. The molecule has 1 heterocycles. The lowest BCUT2D eigenvalue weighted by atomic mass is 10.3. The minimum Gasteiger partial charge on any atom is -0.497 e. The Labute approximate surface area is 126 Å². The van der Waals surface area contributed by atoms with Crippen LogP contribution >= 0.6 is 11.6 Å². The molecular weight excluding hydrogens is 296 g/mol. The van der Waals surface area contributed by atoms with E-state index >= 15 is 0 Å². The van der Waals surface area contributed by atoms with Crippen LogP contribution in [0.15, 0.2) is 18.2 Å². The van der Waals surface area contributed by atoms with E-state index in [2.05, 4.69) is 9.55 Å². The van der Waals surface area contributed by atoms with Crippen molar-refractivity contribution in [3.05, 3.63) is 24.0 Å². The van der Waals surface area contributed by atoms with Gasteiger partial charge in [-0.2, -0.15) is 0 Å². The zero-order valence-corrected chi connectivity index (χ0v) is 13.3. The van der Waals surface area contributed by atoms with Gasteiger partial charge in [-0.1, -0.05) is 0 Å². The number of ether oxygens (including phenoxy) is 1. The zero-order chi connectivity index (χ0) is 14.5. The van der Waals surface area contributed by atoms with Crippen LogP contribution in [0.3, 0.4) is 0 Å². The fourth-order valence-corrected chi connectivity index (χ4v) is 2.94. The summed E-state index contributed by atoms with van der Waals surface area (Å²) < 4.78 is 18.6. The van der Waals surface area contributed by atoms with Crippen LogP contribution in [-0.2, 0) is 23.8 Å². The third-order valence-electron chi connectivity index (χ3n) is 3.17. The number of aromatic nitrogens is 2. The standard InChI is InChI=1S/C14H19ClN2O2S/c1-19-11-4-5-13-12(10-11)16-14(6-7-15)17(13)8-3-9-20(2)18/h4-5,10H,3,6-9H2,1-2H3. The van der Waals surface area contributed by atoms with E-state index in [1.54, 1.807) is 13.4 Å². The van der Waals surface area contributed by atoms with Crippen LogP contribution < -0.4 is 4.74 Å². The molecule has 0 amide bonds. The molecule has 0 aliphatic rings. The zero-order valence-electron chi connectivity index (χ0n) is 11.8. The molecule has 0 aliphatic heterocycles. The number of halogens is 1. The number of hydrogen-bond donors (Lipinski definition) is 0. The van der Waals surface area contributed by atoms with E-state index < -0.39 is 10.8 Å². The normalized spacial score (nSPS) is 12.8. The van der Waals surface area contributed by atoms with Crippen molar-refractivity contribution in [3.63, 3.8) is 0 Å². The second-order valence-corrected chi connectivity index (χ2v) is 6.54. The highest BCUT2D eigenvalue weighted by Gasteiger charge is 2.11. The van der Waals surface area contributed by atoms with E-state index in [4.69, 9.17) is 16.3 Å². The Bertz CT molecular complexity index is 612. The second kappa shape index (κ2) is 7.09. The predicted molar refractivity (Wildman–Crippen MR) is 84.3 cm³/mol. The van der Waals surface area contributed by atoms with Gasteiger partial charge in [-0.25, -0.2) is 4.98 Å². The van der Waals surface area contributed by atoms with Crippen LogP contribution in [0.5, 0.6) is 5.75 Å². The minimum atomic E-state index is -0.756. The number of methoxy groups -OCH3 is 1. The van der Waals surface area contributed by atoms with Gasteiger partial charge in [0.05, 0.1) is 18.1 Å². The molecule has 0 fully saturated rings. The van der Waals surface area contributed by atoms with Crippen LogP contribution in [0.2, 0.25) is 0 Å². The number of aryl methyl sites for hydroxylation is 2. The topological polar surface area (TPSA) is 44.1 Å².